The van der Waals surface area contributed by atoms with Gasteiger partial charge in [-0.3, -0.25) is 0 Å². The van der Waals surface area contributed by atoms with E-state index in [-0.39, 0.29) is 6.04 Å². The molecule has 0 bridgehead atoms. The molecule has 1 heterocycles. The van der Waals surface area contributed by atoms with E-state index >= 15 is 0 Å². The van der Waals surface area contributed by atoms with Crippen molar-refractivity contribution in [3.05, 3.63) is 23.9 Å². The lowest BCUT2D eigenvalue weighted by molar-refractivity contribution is 0.755. The van der Waals surface area contributed by atoms with Gasteiger partial charge in [-0.15, -0.1) is 0 Å². The third-order valence-electron chi connectivity index (χ3n) is 2.53. The van der Waals surface area contributed by atoms with E-state index in [1.807, 2.05) is 19.2 Å². The molecular weight excluding hydrogens is 186 g/mol. The molecule has 0 aliphatic carbocycles. The van der Waals surface area contributed by atoms with Crippen LogP contribution in [0.3, 0.4) is 0 Å². The fourth-order valence-electron chi connectivity index (χ4n) is 1.44. The summed E-state index contributed by atoms with van der Waals surface area (Å²) >= 11 is 0. The topological polar surface area (TPSA) is 42.1 Å². The number of hydrogen-bond donors (Lipinski definition) is 1. The molecule has 2 N–H and O–H groups in total. The molecule has 0 unspecified atom stereocenters. The first kappa shape index (κ1) is 12.0. The van der Waals surface area contributed by atoms with Crippen molar-refractivity contribution >= 4 is 5.82 Å². The second-order valence-corrected chi connectivity index (χ2v) is 4.01. The Hall–Kier alpha value is -1.09. The van der Waals surface area contributed by atoms with Crippen molar-refractivity contribution in [3.8, 4) is 0 Å². The van der Waals surface area contributed by atoms with E-state index in [0.717, 1.165) is 17.9 Å². The smallest absolute Gasteiger partial charge is 0.128 e. The summed E-state index contributed by atoms with van der Waals surface area (Å²) in [6, 6.07) is 4.12. The third-order valence-corrected chi connectivity index (χ3v) is 2.53. The van der Waals surface area contributed by atoms with Crippen LogP contribution in [-0.2, 0) is 0 Å². The molecule has 1 atom stereocenters. The lowest BCUT2D eigenvalue weighted by Gasteiger charge is -2.18. The minimum atomic E-state index is 0.0753. The molecular formula is C12H21N3. The molecule has 0 fully saturated rings. The zero-order chi connectivity index (χ0) is 11.3. The number of hydrogen-bond acceptors (Lipinski definition) is 3. The molecule has 15 heavy (non-hydrogen) atoms. The van der Waals surface area contributed by atoms with Crippen LogP contribution in [0.25, 0.3) is 0 Å². The summed E-state index contributed by atoms with van der Waals surface area (Å²) < 4.78 is 0. The number of nitrogens with zero attached hydrogens (tertiary/aromatic N) is 2. The number of nitrogens with two attached hydrogens (primary N) is 1. The molecule has 0 radical (unpaired) electrons. The first-order valence-corrected chi connectivity index (χ1v) is 5.57. The Kier molecular flexibility index (Phi) is 4.56. The Balaban J connectivity index is 2.71. The molecule has 1 aromatic rings. The van der Waals surface area contributed by atoms with E-state index in [9.17, 15) is 0 Å². The Labute approximate surface area is 92.3 Å². The van der Waals surface area contributed by atoms with Gasteiger partial charge in [0, 0.05) is 25.8 Å². The van der Waals surface area contributed by atoms with Crippen LogP contribution in [-0.4, -0.2) is 18.6 Å². The second-order valence-electron chi connectivity index (χ2n) is 4.01. The van der Waals surface area contributed by atoms with Crippen LogP contribution in [0.4, 0.5) is 5.82 Å². The summed E-state index contributed by atoms with van der Waals surface area (Å²) in [6.07, 6.45) is 4.23. The number of unbranched alkanes of at least 4 members (excludes halogenated alkanes) is 1. The highest BCUT2D eigenvalue weighted by atomic mass is 15.2. The van der Waals surface area contributed by atoms with Crippen molar-refractivity contribution < 1.29 is 0 Å². The summed E-state index contributed by atoms with van der Waals surface area (Å²) in [5.41, 5.74) is 6.98. The van der Waals surface area contributed by atoms with Crippen molar-refractivity contribution in [2.75, 3.05) is 18.5 Å². The Bertz CT molecular complexity index is 297. The molecule has 0 spiro atoms. The highest BCUT2D eigenvalue weighted by molar-refractivity contribution is 5.40. The average molecular weight is 207 g/mol. The average Bonchev–Trinajstić information content (AvgIpc) is 2.26. The maximum atomic E-state index is 5.84. The molecule has 0 aliphatic heterocycles. The molecule has 0 amide bonds. The van der Waals surface area contributed by atoms with Crippen molar-refractivity contribution in [3.63, 3.8) is 0 Å². The van der Waals surface area contributed by atoms with E-state index in [0.29, 0.717) is 0 Å². The van der Waals surface area contributed by atoms with E-state index in [4.69, 9.17) is 5.73 Å². The van der Waals surface area contributed by atoms with Gasteiger partial charge in [0.05, 0.1) is 0 Å². The third kappa shape index (κ3) is 3.51. The zero-order valence-corrected chi connectivity index (χ0v) is 9.90. The van der Waals surface area contributed by atoms with E-state index < -0.39 is 0 Å². The van der Waals surface area contributed by atoms with Gasteiger partial charge in [0.25, 0.3) is 0 Å². The quantitative estimate of drug-likeness (QED) is 0.805. The first-order valence-electron chi connectivity index (χ1n) is 5.57. The summed E-state index contributed by atoms with van der Waals surface area (Å²) in [4.78, 5) is 6.52. The minimum absolute atomic E-state index is 0.0753. The van der Waals surface area contributed by atoms with Crippen molar-refractivity contribution in [2.45, 2.75) is 32.7 Å². The van der Waals surface area contributed by atoms with Gasteiger partial charge in [0.1, 0.15) is 5.82 Å². The summed E-state index contributed by atoms with van der Waals surface area (Å²) in [5, 5.41) is 0. The standard InChI is InChI=1S/C12H21N3/c1-4-5-8-15(3)12-9-11(10(2)13)6-7-14-12/h6-7,9-10H,4-5,8,13H2,1-3H3/t10-/m0/s1. The van der Waals surface area contributed by atoms with Crippen LogP contribution >= 0.6 is 0 Å². The molecule has 1 aromatic heterocycles. The highest BCUT2D eigenvalue weighted by Gasteiger charge is 2.04. The van der Waals surface area contributed by atoms with Gasteiger partial charge in [-0.2, -0.15) is 0 Å². The summed E-state index contributed by atoms with van der Waals surface area (Å²) in [6.45, 7) is 5.23. The van der Waals surface area contributed by atoms with Crippen LogP contribution in [0.1, 0.15) is 38.3 Å². The van der Waals surface area contributed by atoms with E-state index in [1.165, 1.54) is 12.8 Å². The molecule has 1 rings (SSSR count). The van der Waals surface area contributed by atoms with E-state index in [2.05, 4.69) is 29.9 Å². The molecule has 3 nitrogen and oxygen atoms in total. The van der Waals surface area contributed by atoms with Gasteiger partial charge in [0.15, 0.2) is 0 Å². The maximum Gasteiger partial charge on any atom is 0.128 e. The van der Waals surface area contributed by atoms with E-state index in [1.54, 1.807) is 0 Å². The second kappa shape index (κ2) is 5.71. The van der Waals surface area contributed by atoms with Crippen LogP contribution in [0, 0.1) is 0 Å². The number of pyridine rings is 1. The van der Waals surface area contributed by atoms with Gasteiger partial charge in [0.2, 0.25) is 0 Å². The molecule has 3 heteroatoms. The normalized spacial score (nSPS) is 12.5. The number of aromatic nitrogens is 1. The highest BCUT2D eigenvalue weighted by Crippen LogP contribution is 2.15. The fraction of sp³-hybridized carbons (Fsp3) is 0.583. The molecule has 0 aliphatic rings. The lowest BCUT2D eigenvalue weighted by atomic mass is 10.1. The monoisotopic (exact) mass is 207 g/mol. The zero-order valence-electron chi connectivity index (χ0n) is 9.90. The van der Waals surface area contributed by atoms with Crippen molar-refractivity contribution in [2.24, 2.45) is 5.73 Å². The Morgan fingerprint density at radius 2 is 2.27 bits per heavy atom. The van der Waals surface area contributed by atoms with Gasteiger partial charge < -0.3 is 10.6 Å². The fourth-order valence-corrected chi connectivity index (χ4v) is 1.44. The van der Waals surface area contributed by atoms with Crippen molar-refractivity contribution in [1.82, 2.24) is 4.98 Å². The van der Waals surface area contributed by atoms with Gasteiger partial charge in [-0.25, -0.2) is 4.98 Å². The molecule has 84 valence electrons. The Morgan fingerprint density at radius 3 is 2.87 bits per heavy atom. The lowest BCUT2D eigenvalue weighted by Crippen LogP contribution is -2.20. The number of anilines is 1. The minimum Gasteiger partial charge on any atom is -0.360 e. The van der Waals surface area contributed by atoms with Crippen molar-refractivity contribution in [1.29, 1.82) is 0 Å². The van der Waals surface area contributed by atoms with Gasteiger partial charge in [-0.05, 0) is 31.0 Å². The molecule has 0 saturated carbocycles. The van der Waals surface area contributed by atoms with Crippen LogP contribution in [0.2, 0.25) is 0 Å². The SMILES string of the molecule is CCCCN(C)c1cc([C@H](C)N)ccn1. The predicted octanol–water partition coefficient (Wildman–Crippen LogP) is 2.34. The van der Waals surface area contributed by atoms with Crippen LogP contribution in [0.15, 0.2) is 18.3 Å². The van der Waals surface area contributed by atoms with Crippen LogP contribution in [0.5, 0.6) is 0 Å². The molecule has 0 saturated heterocycles. The maximum absolute atomic E-state index is 5.84. The number of rotatable bonds is 5. The Morgan fingerprint density at radius 1 is 1.53 bits per heavy atom. The van der Waals surface area contributed by atoms with Gasteiger partial charge >= 0.3 is 0 Å². The van der Waals surface area contributed by atoms with Crippen LogP contribution < -0.4 is 10.6 Å². The molecule has 0 aromatic carbocycles. The van der Waals surface area contributed by atoms with Gasteiger partial charge in [-0.1, -0.05) is 13.3 Å². The summed E-state index contributed by atoms with van der Waals surface area (Å²) in [5.74, 6) is 1.01. The first-order chi connectivity index (χ1) is 7.15. The predicted molar refractivity (Wildman–Crippen MR) is 65.0 cm³/mol. The largest absolute Gasteiger partial charge is 0.360 e. The summed E-state index contributed by atoms with van der Waals surface area (Å²) in [7, 11) is 2.07.